The van der Waals surface area contributed by atoms with Gasteiger partial charge in [-0.15, -0.1) is 0 Å². The number of benzene rings is 3. The van der Waals surface area contributed by atoms with Crippen molar-refractivity contribution in [2.45, 2.75) is 20.8 Å². The maximum absolute atomic E-state index is 5.07. The molecule has 3 heterocycles. The van der Waals surface area contributed by atoms with Gasteiger partial charge in [-0.2, -0.15) is 0 Å². The number of nitrogens with zero attached hydrogens (tertiary/aromatic N) is 6. The Balaban J connectivity index is 1.53. The van der Waals surface area contributed by atoms with Crippen molar-refractivity contribution in [1.29, 1.82) is 0 Å². The topological polar surface area (TPSA) is 53.5 Å². The van der Waals surface area contributed by atoms with E-state index < -0.39 is 7.12 Å². The molecule has 0 aliphatic carbocycles. The molecule has 0 aliphatic rings. The Morgan fingerprint density at radius 2 is 0.703 bits per heavy atom. The van der Waals surface area contributed by atoms with Crippen molar-refractivity contribution in [1.82, 2.24) is 29.1 Å². The molecule has 0 bridgehead atoms. The molecule has 37 heavy (non-hydrogen) atoms. The highest BCUT2D eigenvalue weighted by Gasteiger charge is 2.19. The normalized spacial score (nSPS) is 11.4. The molecule has 0 unspecified atom stereocenters. The molecule has 6 nitrogen and oxygen atoms in total. The SMILES string of the molecule is Cc1cc(-c2ccccc2)nn1[B-](n1nc(-c2ccccc2)cc1C)n1nc(-c2ccccc2)cc1C. The van der Waals surface area contributed by atoms with Gasteiger partial charge in [-0.25, -0.2) is 15.3 Å². The first-order valence-electron chi connectivity index (χ1n) is 12.4. The first-order valence-corrected chi connectivity index (χ1v) is 12.4. The number of rotatable bonds is 6. The Hall–Kier alpha value is -4.65. The van der Waals surface area contributed by atoms with E-state index in [0.717, 1.165) is 50.9 Å². The Morgan fingerprint density at radius 1 is 0.432 bits per heavy atom. The second-order valence-corrected chi connectivity index (χ2v) is 9.29. The molecular formula is C30H27BN6-. The monoisotopic (exact) mass is 482 g/mol. The second kappa shape index (κ2) is 9.43. The van der Waals surface area contributed by atoms with Crippen LogP contribution in [-0.2, 0) is 0 Å². The van der Waals surface area contributed by atoms with Crippen LogP contribution in [0.5, 0.6) is 0 Å². The summed E-state index contributed by atoms with van der Waals surface area (Å²) in [6.45, 7) is 6.25. The van der Waals surface area contributed by atoms with Gasteiger partial charge >= 0.3 is 0 Å². The van der Waals surface area contributed by atoms with E-state index >= 15 is 0 Å². The average molecular weight is 482 g/mol. The van der Waals surface area contributed by atoms with Crippen LogP contribution in [0.25, 0.3) is 33.8 Å². The molecule has 0 fully saturated rings. The average Bonchev–Trinajstić information content (AvgIpc) is 3.64. The molecule has 6 aromatic rings. The Morgan fingerprint density at radius 3 is 0.973 bits per heavy atom. The van der Waals surface area contributed by atoms with Gasteiger partial charge in [-0.1, -0.05) is 91.0 Å². The summed E-state index contributed by atoms with van der Waals surface area (Å²) in [5.41, 5.74) is 9.06. The summed E-state index contributed by atoms with van der Waals surface area (Å²) in [5.74, 6) is 0. The third kappa shape index (κ3) is 4.29. The summed E-state index contributed by atoms with van der Waals surface area (Å²) in [5, 5.41) is 15.2. The van der Waals surface area contributed by atoms with Crippen LogP contribution in [0, 0.1) is 20.8 Å². The molecule has 0 atom stereocenters. The molecule has 0 amide bonds. The van der Waals surface area contributed by atoms with Crippen LogP contribution in [-0.4, -0.2) is 36.2 Å². The molecule has 181 valence electrons. The number of aryl methyl sites for hydroxylation is 3. The van der Waals surface area contributed by atoms with Gasteiger partial charge < -0.3 is 13.8 Å². The van der Waals surface area contributed by atoms with Crippen LogP contribution in [0.3, 0.4) is 0 Å². The Kier molecular flexibility index (Phi) is 5.81. The minimum Gasteiger partial charge on any atom is -0.422 e. The van der Waals surface area contributed by atoms with E-state index in [9.17, 15) is 0 Å². The summed E-state index contributed by atoms with van der Waals surface area (Å²) < 4.78 is 6.06. The Bertz CT molecular complexity index is 1450. The van der Waals surface area contributed by atoms with E-state index in [1.165, 1.54) is 0 Å². The Labute approximate surface area is 217 Å². The standard InChI is InChI=1S/C30H27BN6/c1-22-19-28(25-13-7-4-8-14-25)32-35(22)31(36-23(2)20-29(33-36)26-15-9-5-10-16-26)37-24(3)21-30(34-37)27-17-11-6-12-18-27/h4-21H,1-3H3/q-1. The third-order valence-corrected chi connectivity index (χ3v) is 6.63. The van der Waals surface area contributed by atoms with Crippen LogP contribution in [0.2, 0.25) is 0 Å². The summed E-state index contributed by atoms with van der Waals surface area (Å²) in [7, 11) is -0.410. The minimum absolute atomic E-state index is 0.410. The van der Waals surface area contributed by atoms with Gasteiger partial charge in [0.1, 0.15) is 0 Å². The van der Waals surface area contributed by atoms with E-state index in [4.69, 9.17) is 15.3 Å². The molecule has 0 aliphatic heterocycles. The molecule has 3 aromatic heterocycles. The first kappa shape index (κ1) is 22.8. The fourth-order valence-electron chi connectivity index (χ4n) is 4.73. The zero-order chi connectivity index (χ0) is 25.4. The summed E-state index contributed by atoms with van der Waals surface area (Å²) >= 11 is 0. The maximum Gasteiger partial charge on any atom is 0.261 e. The van der Waals surface area contributed by atoms with Gasteiger partial charge in [0.25, 0.3) is 7.12 Å². The van der Waals surface area contributed by atoms with Gasteiger partial charge in [0.05, 0.1) is 17.1 Å². The van der Waals surface area contributed by atoms with Gasteiger partial charge in [0.15, 0.2) is 0 Å². The summed E-state index contributed by atoms with van der Waals surface area (Å²) in [4.78, 5) is 0. The summed E-state index contributed by atoms with van der Waals surface area (Å²) in [6.07, 6.45) is 0. The highest BCUT2D eigenvalue weighted by molar-refractivity contribution is 6.53. The highest BCUT2D eigenvalue weighted by atomic mass is 15.5. The molecule has 6 rings (SSSR count). The molecule has 0 saturated heterocycles. The smallest absolute Gasteiger partial charge is 0.261 e. The predicted octanol–water partition coefficient (Wildman–Crippen LogP) is 6.13. The lowest BCUT2D eigenvalue weighted by Crippen LogP contribution is -2.45. The highest BCUT2D eigenvalue weighted by Crippen LogP contribution is 2.24. The molecule has 3 aromatic carbocycles. The predicted molar refractivity (Wildman–Crippen MR) is 149 cm³/mol. The first-order chi connectivity index (χ1) is 18.1. The quantitative estimate of drug-likeness (QED) is 0.268. The van der Waals surface area contributed by atoms with Gasteiger partial charge in [0.2, 0.25) is 0 Å². The number of aromatic nitrogens is 6. The van der Waals surface area contributed by atoms with Gasteiger partial charge in [0, 0.05) is 16.7 Å². The van der Waals surface area contributed by atoms with Crippen molar-refractivity contribution in [2.75, 3.05) is 0 Å². The molecular weight excluding hydrogens is 455 g/mol. The van der Waals surface area contributed by atoms with E-state index in [1.54, 1.807) is 0 Å². The zero-order valence-corrected chi connectivity index (χ0v) is 21.2. The molecule has 7 heteroatoms. The number of hydrogen-bond donors (Lipinski definition) is 0. The molecule has 1 radical (unpaired) electrons. The molecule has 0 saturated carbocycles. The van der Waals surface area contributed by atoms with Crippen molar-refractivity contribution in [3.63, 3.8) is 0 Å². The van der Waals surface area contributed by atoms with Crippen LogP contribution in [0.4, 0.5) is 0 Å². The van der Waals surface area contributed by atoms with E-state index in [0.29, 0.717) is 0 Å². The lowest BCUT2D eigenvalue weighted by molar-refractivity contribution is 0.743. The van der Waals surface area contributed by atoms with Gasteiger partial charge in [-0.05, 0) is 56.1 Å². The van der Waals surface area contributed by atoms with E-state index in [1.807, 2.05) is 68.4 Å². The number of hydrogen-bond acceptors (Lipinski definition) is 3. The van der Waals surface area contributed by atoms with Crippen molar-refractivity contribution in [2.24, 2.45) is 0 Å². The van der Waals surface area contributed by atoms with E-state index in [-0.39, 0.29) is 0 Å². The molecule has 0 spiro atoms. The molecule has 0 N–H and O–H groups in total. The minimum atomic E-state index is -0.410. The third-order valence-electron chi connectivity index (χ3n) is 6.63. The van der Waals surface area contributed by atoms with Crippen LogP contribution >= 0.6 is 0 Å². The van der Waals surface area contributed by atoms with Gasteiger partial charge in [-0.3, -0.25) is 0 Å². The lowest BCUT2D eigenvalue weighted by atomic mass is 9.93. The largest absolute Gasteiger partial charge is 0.422 e. The van der Waals surface area contributed by atoms with Crippen LogP contribution < -0.4 is 0 Å². The fraction of sp³-hybridized carbons (Fsp3) is 0.100. The van der Waals surface area contributed by atoms with Crippen LogP contribution in [0.15, 0.2) is 109 Å². The van der Waals surface area contributed by atoms with Crippen molar-refractivity contribution in [3.8, 4) is 33.8 Å². The zero-order valence-electron chi connectivity index (χ0n) is 21.2. The van der Waals surface area contributed by atoms with Crippen molar-refractivity contribution < 1.29 is 0 Å². The lowest BCUT2D eigenvalue weighted by Gasteiger charge is -2.33. The van der Waals surface area contributed by atoms with Crippen LogP contribution in [0.1, 0.15) is 17.1 Å². The summed E-state index contributed by atoms with van der Waals surface area (Å²) in [6, 6.07) is 37.1. The fourth-order valence-corrected chi connectivity index (χ4v) is 4.73. The van der Waals surface area contributed by atoms with Crippen molar-refractivity contribution >= 4 is 7.12 Å². The maximum atomic E-state index is 5.07. The van der Waals surface area contributed by atoms with E-state index in [2.05, 4.69) is 75.4 Å². The second-order valence-electron chi connectivity index (χ2n) is 9.29. The van der Waals surface area contributed by atoms with Crippen molar-refractivity contribution in [3.05, 3.63) is 126 Å².